The van der Waals surface area contributed by atoms with E-state index in [1.165, 1.54) is 27.3 Å². The minimum Gasteiger partial charge on any atom is -0.456 e. The van der Waals surface area contributed by atoms with Crippen molar-refractivity contribution in [3.8, 4) is 33.4 Å². The Labute approximate surface area is 340 Å². The van der Waals surface area contributed by atoms with E-state index in [4.69, 9.17) is 8.83 Å². The number of fused-ring (bicyclic) bond motifs is 9. The van der Waals surface area contributed by atoms with Gasteiger partial charge in [0, 0.05) is 44.0 Å². The Balaban J connectivity index is 0.981. The third-order valence-electron chi connectivity index (χ3n) is 11.9. The molecule has 276 valence electrons. The lowest BCUT2D eigenvalue weighted by atomic mass is 9.97. The molecule has 10 aromatic carbocycles. The Hall–Kier alpha value is -7.88. The van der Waals surface area contributed by atoms with Gasteiger partial charge in [-0.15, -0.1) is 0 Å². The average molecular weight is 754 g/mol. The van der Waals surface area contributed by atoms with Crippen molar-refractivity contribution in [2.45, 2.75) is 0 Å². The Kier molecular flexibility index (Phi) is 7.54. The molecule has 59 heavy (non-hydrogen) atoms. The van der Waals surface area contributed by atoms with Crippen LogP contribution < -0.4 is 4.90 Å². The van der Waals surface area contributed by atoms with Gasteiger partial charge in [0.15, 0.2) is 0 Å². The molecular formula is C56H35NO2. The highest BCUT2D eigenvalue weighted by molar-refractivity contribution is 6.19. The van der Waals surface area contributed by atoms with Gasteiger partial charge < -0.3 is 13.7 Å². The van der Waals surface area contributed by atoms with Gasteiger partial charge in [0.1, 0.15) is 22.3 Å². The van der Waals surface area contributed by atoms with Gasteiger partial charge in [0.25, 0.3) is 0 Å². The van der Waals surface area contributed by atoms with Crippen LogP contribution in [0.15, 0.2) is 221 Å². The van der Waals surface area contributed by atoms with E-state index in [9.17, 15) is 0 Å². The monoisotopic (exact) mass is 753 g/mol. The van der Waals surface area contributed by atoms with Gasteiger partial charge in [0.2, 0.25) is 0 Å². The van der Waals surface area contributed by atoms with E-state index in [0.717, 1.165) is 88.6 Å². The zero-order chi connectivity index (χ0) is 38.9. The molecule has 0 aliphatic heterocycles. The largest absolute Gasteiger partial charge is 0.456 e. The first-order chi connectivity index (χ1) is 29.2. The lowest BCUT2D eigenvalue weighted by Crippen LogP contribution is -2.10. The summed E-state index contributed by atoms with van der Waals surface area (Å²) in [5.74, 6) is 0. The molecule has 0 saturated heterocycles. The number of anilines is 3. The molecule has 0 radical (unpaired) electrons. The van der Waals surface area contributed by atoms with Crippen molar-refractivity contribution >= 4 is 82.5 Å². The van der Waals surface area contributed by atoms with Gasteiger partial charge >= 0.3 is 0 Å². The number of rotatable bonds is 6. The van der Waals surface area contributed by atoms with Crippen LogP contribution in [0, 0.1) is 0 Å². The molecule has 0 fully saturated rings. The second kappa shape index (κ2) is 13.4. The summed E-state index contributed by atoms with van der Waals surface area (Å²) in [7, 11) is 0. The molecule has 0 aliphatic carbocycles. The van der Waals surface area contributed by atoms with Gasteiger partial charge in [-0.05, 0) is 116 Å². The van der Waals surface area contributed by atoms with Crippen molar-refractivity contribution < 1.29 is 8.83 Å². The maximum absolute atomic E-state index is 6.59. The van der Waals surface area contributed by atoms with Gasteiger partial charge in [-0.3, -0.25) is 0 Å². The highest BCUT2D eigenvalue weighted by Gasteiger charge is 2.18. The van der Waals surface area contributed by atoms with Crippen molar-refractivity contribution in [1.82, 2.24) is 0 Å². The van der Waals surface area contributed by atoms with E-state index >= 15 is 0 Å². The van der Waals surface area contributed by atoms with Crippen LogP contribution in [0.25, 0.3) is 98.8 Å². The van der Waals surface area contributed by atoms with Gasteiger partial charge in [0.05, 0.1) is 0 Å². The molecule has 0 atom stereocenters. The Morgan fingerprint density at radius 3 is 1.71 bits per heavy atom. The van der Waals surface area contributed by atoms with Crippen LogP contribution >= 0.6 is 0 Å². The standard InChI is InChI=1S/C56H35NO2/c1-3-15-45-37(10-1)12-8-18-46(45)39-24-30-43(31-25-39)57(42-28-22-36(23-29-42)40-27-32-50-49-17-5-6-20-52(49)58-54(50)35-40)44-14-7-13-41(34-44)47-19-9-21-53-55(47)51-33-26-38-11-2-4-16-48(38)56(51)59-53/h1-35H. The van der Waals surface area contributed by atoms with Crippen LogP contribution in [-0.2, 0) is 0 Å². The number of hydrogen-bond donors (Lipinski definition) is 0. The average Bonchev–Trinajstić information content (AvgIpc) is 3.88. The molecule has 2 aromatic heterocycles. The van der Waals surface area contributed by atoms with E-state index < -0.39 is 0 Å². The quantitative estimate of drug-likeness (QED) is 0.169. The number of para-hydroxylation sites is 1. The lowest BCUT2D eigenvalue weighted by Gasteiger charge is -2.26. The normalized spacial score (nSPS) is 11.7. The summed E-state index contributed by atoms with van der Waals surface area (Å²) in [5, 5.41) is 9.30. The molecule has 3 heteroatoms. The van der Waals surface area contributed by atoms with Crippen molar-refractivity contribution in [2.24, 2.45) is 0 Å². The SMILES string of the molecule is c1cc(-c2cccc3oc4c5ccccc5ccc4c23)cc(N(c2ccc(-c3ccc4c(c3)oc3ccccc34)cc2)c2ccc(-c3cccc4ccccc34)cc2)c1. The first-order valence-corrected chi connectivity index (χ1v) is 20.1. The maximum atomic E-state index is 6.59. The number of benzene rings is 10. The molecular weight excluding hydrogens is 719 g/mol. The Bertz CT molecular complexity index is 3550. The summed E-state index contributed by atoms with van der Waals surface area (Å²) in [6.07, 6.45) is 0. The molecule has 12 rings (SSSR count). The highest BCUT2D eigenvalue weighted by atomic mass is 16.3. The lowest BCUT2D eigenvalue weighted by molar-refractivity contribution is 0.669. The predicted molar refractivity (Wildman–Crippen MR) is 247 cm³/mol. The second-order valence-electron chi connectivity index (χ2n) is 15.3. The summed E-state index contributed by atoms with van der Waals surface area (Å²) in [6, 6.07) is 75.8. The van der Waals surface area contributed by atoms with E-state index in [1.807, 2.05) is 12.1 Å². The maximum Gasteiger partial charge on any atom is 0.143 e. The predicted octanol–water partition coefficient (Wildman–Crippen LogP) is 16.3. The van der Waals surface area contributed by atoms with Crippen molar-refractivity contribution in [3.05, 3.63) is 212 Å². The van der Waals surface area contributed by atoms with E-state index in [2.05, 4.69) is 205 Å². The van der Waals surface area contributed by atoms with Crippen molar-refractivity contribution in [1.29, 1.82) is 0 Å². The van der Waals surface area contributed by atoms with Crippen LogP contribution in [-0.4, -0.2) is 0 Å². The zero-order valence-corrected chi connectivity index (χ0v) is 32.0. The first kappa shape index (κ1) is 33.3. The number of furan rings is 2. The third-order valence-corrected chi connectivity index (χ3v) is 11.9. The number of hydrogen-bond acceptors (Lipinski definition) is 3. The zero-order valence-electron chi connectivity index (χ0n) is 32.0. The van der Waals surface area contributed by atoms with E-state index in [0.29, 0.717) is 0 Å². The summed E-state index contributed by atoms with van der Waals surface area (Å²) in [5.41, 5.74) is 13.7. The molecule has 0 aliphatic rings. The van der Waals surface area contributed by atoms with E-state index in [-0.39, 0.29) is 0 Å². The van der Waals surface area contributed by atoms with Gasteiger partial charge in [-0.1, -0.05) is 146 Å². The molecule has 2 heterocycles. The van der Waals surface area contributed by atoms with Gasteiger partial charge in [-0.25, -0.2) is 0 Å². The van der Waals surface area contributed by atoms with E-state index in [1.54, 1.807) is 0 Å². The molecule has 0 amide bonds. The minimum atomic E-state index is 0.886. The molecule has 12 aromatic rings. The smallest absolute Gasteiger partial charge is 0.143 e. The van der Waals surface area contributed by atoms with Crippen molar-refractivity contribution in [2.75, 3.05) is 4.90 Å². The Morgan fingerprint density at radius 1 is 0.288 bits per heavy atom. The fourth-order valence-electron chi connectivity index (χ4n) is 9.03. The minimum absolute atomic E-state index is 0.886. The van der Waals surface area contributed by atoms with Crippen molar-refractivity contribution in [3.63, 3.8) is 0 Å². The molecule has 3 nitrogen and oxygen atoms in total. The summed E-state index contributed by atoms with van der Waals surface area (Å²) in [6.45, 7) is 0. The summed E-state index contributed by atoms with van der Waals surface area (Å²) >= 11 is 0. The van der Waals surface area contributed by atoms with Crippen LogP contribution in [0.4, 0.5) is 17.1 Å². The molecule has 0 N–H and O–H groups in total. The molecule has 0 spiro atoms. The molecule has 0 unspecified atom stereocenters. The highest BCUT2D eigenvalue weighted by Crippen LogP contribution is 2.43. The fourth-order valence-corrected chi connectivity index (χ4v) is 9.03. The van der Waals surface area contributed by atoms with Crippen LogP contribution in [0.1, 0.15) is 0 Å². The van der Waals surface area contributed by atoms with Crippen LogP contribution in [0.3, 0.4) is 0 Å². The second-order valence-corrected chi connectivity index (χ2v) is 15.3. The Morgan fingerprint density at radius 2 is 0.881 bits per heavy atom. The van der Waals surface area contributed by atoms with Crippen LogP contribution in [0.2, 0.25) is 0 Å². The fraction of sp³-hybridized carbons (Fsp3) is 0. The molecule has 0 saturated carbocycles. The van der Waals surface area contributed by atoms with Crippen LogP contribution in [0.5, 0.6) is 0 Å². The number of nitrogens with zero attached hydrogens (tertiary/aromatic N) is 1. The van der Waals surface area contributed by atoms with Gasteiger partial charge in [-0.2, -0.15) is 0 Å². The summed E-state index contributed by atoms with van der Waals surface area (Å²) in [4.78, 5) is 2.35. The molecule has 0 bridgehead atoms. The first-order valence-electron chi connectivity index (χ1n) is 20.1. The topological polar surface area (TPSA) is 29.5 Å². The summed E-state index contributed by atoms with van der Waals surface area (Å²) < 4.78 is 12.8. The third kappa shape index (κ3) is 5.51.